The SMILES string of the molecule is CN(CC(=O)NCc1ccccc1F)C(=O)c1ccc(Br)o1. The maximum absolute atomic E-state index is 13.4. The standard InChI is InChI=1S/C15H14BrFN2O3/c1-19(15(21)12-6-7-13(16)22-12)9-14(20)18-8-10-4-2-3-5-11(10)17/h2-7H,8-9H2,1H3,(H,18,20). The molecule has 5 nitrogen and oxygen atoms in total. The molecule has 0 radical (unpaired) electrons. The normalized spacial score (nSPS) is 10.3. The third kappa shape index (κ3) is 4.17. The number of carbonyl (C=O) groups is 2. The van der Waals surface area contributed by atoms with Gasteiger partial charge in [-0.1, -0.05) is 18.2 Å². The molecule has 1 aromatic carbocycles. The molecule has 1 aromatic heterocycles. The molecule has 0 spiro atoms. The average Bonchev–Trinajstić information content (AvgIpc) is 2.92. The van der Waals surface area contributed by atoms with Crippen molar-refractivity contribution in [3.63, 3.8) is 0 Å². The Morgan fingerprint density at radius 1 is 1.27 bits per heavy atom. The van der Waals surface area contributed by atoms with Crippen molar-refractivity contribution in [2.45, 2.75) is 6.54 Å². The van der Waals surface area contributed by atoms with Gasteiger partial charge in [-0.05, 0) is 34.1 Å². The third-order valence-corrected chi connectivity index (χ3v) is 3.37. The predicted octanol–water partition coefficient (Wildman–Crippen LogP) is 2.57. The van der Waals surface area contributed by atoms with Crippen molar-refractivity contribution in [2.75, 3.05) is 13.6 Å². The smallest absolute Gasteiger partial charge is 0.289 e. The number of carbonyl (C=O) groups excluding carboxylic acids is 2. The minimum Gasteiger partial charge on any atom is -0.444 e. The highest BCUT2D eigenvalue weighted by molar-refractivity contribution is 9.10. The van der Waals surface area contributed by atoms with Gasteiger partial charge in [-0.15, -0.1) is 0 Å². The minimum atomic E-state index is -0.410. The van der Waals surface area contributed by atoms with Crippen LogP contribution in [0.1, 0.15) is 16.1 Å². The summed E-state index contributed by atoms with van der Waals surface area (Å²) < 4.78 is 19.0. The van der Waals surface area contributed by atoms with Crippen molar-refractivity contribution >= 4 is 27.7 Å². The van der Waals surface area contributed by atoms with E-state index in [0.717, 1.165) is 0 Å². The molecule has 2 rings (SSSR count). The van der Waals surface area contributed by atoms with E-state index in [-0.39, 0.29) is 30.6 Å². The van der Waals surface area contributed by atoms with Gasteiger partial charge in [0.1, 0.15) is 5.82 Å². The number of likely N-dealkylation sites (N-methyl/N-ethyl adjacent to an activating group) is 1. The number of halogens is 2. The first-order chi connectivity index (χ1) is 10.5. The molecule has 0 bridgehead atoms. The van der Waals surface area contributed by atoms with Gasteiger partial charge in [0, 0.05) is 19.2 Å². The van der Waals surface area contributed by atoms with E-state index in [0.29, 0.717) is 10.2 Å². The van der Waals surface area contributed by atoms with Crippen LogP contribution in [-0.4, -0.2) is 30.3 Å². The topological polar surface area (TPSA) is 62.6 Å². The van der Waals surface area contributed by atoms with E-state index in [2.05, 4.69) is 21.2 Å². The van der Waals surface area contributed by atoms with E-state index >= 15 is 0 Å². The zero-order valence-electron chi connectivity index (χ0n) is 11.8. The van der Waals surface area contributed by atoms with Crippen LogP contribution in [0.4, 0.5) is 4.39 Å². The van der Waals surface area contributed by atoms with Crippen LogP contribution in [-0.2, 0) is 11.3 Å². The second-order valence-corrected chi connectivity index (χ2v) is 5.41. The number of nitrogens with one attached hydrogen (secondary N) is 1. The summed E-state index contributed by atoms with van der Waals surface area (Å²) in [6, 6.07) is 9.29. The molecule has 1 N–H and O–H groups in total. The van der Waals surface area contributed by atoms with Gasteiger partial charge < -0.3 is 14.6 Å². The molecule has 0 saturated heterocycles. The molecular weight excluding hydrogens is 355 g/mol. The minimum absolute atomic E-state index is 0.0693. The first kappa shape index (κ1) is 16.2. The molecule has 0 aliphatic rings. The van der Waals surface area contributed by atoms with E-state index in [1.54, 1.807) is 24.3 Å². The molecule has 0 fully saturated rings. The Hall–Kier alpha value is -2.15. The summed E-state index contributed by atoms with van der Waals surface area (Å²) in [5, 5.41) is 2.57. The predicted molar refractivity (Wildman–Crippen MR) is 81.6 cm³/mol. The van der Waals surface area contributed by atoms with Crippen LogP contribution < -0.4 is 5.32 Å². The zero-order valence-corrected chi connectivity index (χ0v) is 13.4. The summed E-state index contributed by atoms with van der Waals surface area (Å²) in [7, 11) is 1.49. The van der Waals surface area contributed by atoms with Crippen LogP contribution in [0, 0.1) is 5.82 Å². The first-order valence-corrected chi connectivity index (χ1v) is 7.27. The molecule has 1 heterocycles. The molecular formula is C15H14BrFN2O3. The number of amides is 2. The van der Waals surface area contributed by atoms with E-state index < -0.39 is 5.91 Å². The summed E-state index contributed by atoms with van der Waals surface area (Å²) >= 11 is 3.11. The van der Waals surface area contributed by atoms with Crippen LogP contribution in [0.2, 0.25) is 0 Å². The summed E-state index contributed by atoms with van der Waals surface area (Å²) in [6.07, 6.45) is 0. The maximum Gasteiger partial charge on any atom is 0.289 e. The fourth-order valence-corrected chi connectivity index (χ4v) is 2.10. The second kappa shape index (κ2) is 7.22. The van der Waals surface area contributed by atoms with Gasteiger partial charge in [0.2, 0.25) is 5.91 Å². The Labute approximate surface area is 135 Å². The van der Waals surface area contributed by atoms with Crippen LogP contribution in [0.15, 0.2) is 45.5 Å². The summed E-state index contributed by atoms with van der Waals surface area (Å²) in [5.74, 6) is -1.04. The van der Waals surface area contributed by atoms with Gasteiger partial charge in [-0.3, -0.25) is 9.59 Å². The van der Waals surface area contributed by atoms with Crippen LogP contribution >= 0.6 is 15.9 Å². The fraction of sp³-hybridized carbons (Fsp3) is 0.200. The molecule has 0 saturated carbocycles. The summed E-state index contributed by atoms with van der Waals surface area (Å²) in [5.41, 5.74) is 0.389. The largest absolute Gasteiger partial charge is 0.444 e. The summed E-state index contributed by atoms with van der Waals surface area (Å²) in [6.45, 7) is -0.0779. The number of nitrogens with zero attached hydrogens (tertiary/aromatic N) is 1. The number of furan rings is 1. The Bertz CT molecular complexity index is 687. The number of hydrogen-bond acceptors (Lipinski definition) is 3. The first-order valence-electron chi connectivity index (χ1n) is 6.48. The molecule has 2 amide bonds. The molecule has 7 heteroatoms. The van der Waals surface area contributed by atoms with Crippen molar-refractivity contribution in [3.8, 4) is 0 Å². The lowest BCUT2D eigenvalue weighted by atomic mass is 10.2. The van der Waals surface area contributed by atoms with E-state index in [9.17, 15) is 14.0 Å². The second-order valence-electron chi connectivity index (χ2n) is 4.63. The van der Waals surface area contributed by atoms with Crippen molar-refractivity contribution in [1.29, 1.82) is 0 Å². The van der Waals surface area contributed by atoms with Gasteiger partial charge >= 0.3 is 0 Å². The van der Waals surface area contributed by atoms with Crippen LogP contribution in [0.25, 0.3) is 0 Å². The quantitative estimate of drug-likeness (QED) is 0.881. The fourth-order valence-electron chi connectivity index (χ4n) is 1.80. The molecule has 0 aliphatic heterocycles. The van der Waals surface area contributed by atoms with Gasteiger partial charge in [0.05, 0.1) is 6.54 Å². The van der Waals surface area contributed by atoms with Gasteiger partial charge in [-0.2, -0.15) is 0 Å². The van der Waals surface area contributed by atoms with Crippen molar-refractivity contribution in [2.24, 2.45) is 0 Å². The van der Waals surface area contributed by atoms with E-state index in [1.165, 1.54) is 24.1 Å². The molecule has 0 unspecified atom stereocenters. The molecule has 22 heavy (non-hydrogen) atoms. The van der Waals surface area contributed by atoms with Crippen molar-refractivity contribution in [3.05, 3.63) is 58.2 Å². The maximum atomic E-state index is 13.4. The van der Waals surface area contributed by atoms with E-state index in [1.807, 2.05) is 0 Å². The zero-order chi connectivity index (χ0) is 16.1. The highest BCUT2D eigenvalue weighted by Crippen LogP contribution is 2.15. The van der Waals surface area contributed by atoms with E-state index in [4.69, 9.17) is 4.42 Å². The van der Waals surface area contributed by atoms with Gasteiger partial charge in [0.25, 0.3) is 5.91 Å². The van der Waals surface area contributed by atoms with Crippen LogP contribution in [0.3, 0.4) is 0 Å². The Kier molecular flexibility index (Phi) is 5.32. The lowest BCUT2D eigenvalue weighted by molar-refractivity contribution is -0.121. The number of rotatable bonds is 5. The molecule has 2 aromatic rings. The third-order valence-electron chi connectivity index (χ3n) is 2.95. The summed E-state index contributed by atoms with van der Waals surface area (Å²) in [4.78, 5) is 25.0. The Morgan fingerprint density at radius 3 is 2.64 bits per heavy atom. The highest BCUT2D eigenvalue weighted by atomic mass is 79.9. The number of hydrogen-bond donors (Lipinski definition) is 1. The monoisotopic (exact) mass is 368 g/mol. The molecule has 0 aliphatic carbocycles. The van der Waals surface area contributed by atoms with Crippen molar-refractivity contribution < 1.29 is 18.4 Å². The average molecular weight is 369 g/mol. The van der Waals surface area contributed by atoms with Gasteiger partial charge in [0.15, 0.2) is 10.4 Å². The van der Waals surface area contributed by atoms with Crippen LogP contribution in [0.5, 0.6) is 0 Å². The molecule has 116 valence electrons. The van der Waals surface area contributed by atoms with Crippen molar-refractivity contribution in [1.82, 2.24) is 10.2 Å². The Balaban J connectivity index is 1.86. The Morgan fingerprint density at radius 2 is 2.00 bits per heavy atom. The number of benzene rings is 1. The lowest BCUT2D eigenvalue weighted by Gasteiger charge is -2.15. The lowest BCUT2D eigenvalue weighted by Crippen LogP contribution is -2.38. The molecule has 0 atom stereocenters. The van der Waals surface area contributed by atoms with Gasteiger partial charge in [-0.25, -0.2) is 4.39 Å². The highest BCUT2D eigenvalue weighted by Gasteiger charge is 2.18.